The molecule has 2 heterocycles. The van der Waals surface area contributed by atoms with Crippen molar-refractivity contribution >= 4 is 0 Å². The molecule has 0 radical (unpaired) electrons. The van der Waals surface area contributed by atoms with Crippen LogP contribution in [-0.4, -0.2) is 29.3 Å². The molecule has 0 unspecified atom stereocenters. The van der Waals surface area contributed by atoms with Crippen LogP contribution in [0.4, 0.5) is 0 Å². The van der Waals surface area contributed by atoms with E-state index in [0.717, 1.165) is 26.3 Å². The second-order valence-electron chi connectivity index (χ2n) is 3.67. The Morgan fingerprint density at radius 2 is 2.57 bits per heavy atom. The molecule has 0 spiro atoms. The van der Waals surface area contributed by atoms with Gasteiger partial charge in [-0.2, -0.15) is 0 Å². The van der Waals surface area contributed by atoms with Crippen molar-refractivity contribution in [3.63, 3.8) is 0 Å². The van der Waals surface area contributed by atoms with Crippen LogP contribution < -0.4 is 5.32 Å². The largest absolute Gasteiger partial charge is 0.381 e. The number of rotatable bonds is 3. The Kier molecular flexibility index (Phi) is 2.84. The van der Waals surface area contributed by atoms with Gasteiger partial charge < -0.3 is 14.6 Å². The van der Waals surface area contributed by atoms with Gasteiger partial charge in [-0.05, 0) is 6.92 Å². The highest BCUT2D eigenvalue weighted by Gasteiger charge is 2.23. The van der Waals surface area contributed by atoms with E-state index >= 15 is 0 Å². The van der Waals surface area contributed by atoms with E-state index in [-0.39, 0.29) is 0 Å². The molecule has 1 aromatic heterocycles. The molecule has 1 aromatic rings. The number of nitrogens with zero attached hydrogens (tertiary/aromatic N) is 2. The lowest BCUT2D eigenvalue weighted by Gasteiger charge is -2.23. The average Bonchev–Trinajstić information content (AvgIpc) is 2.58. The van der Waals surface area contributed by atoms with Crippen molar-refractivity contribution in [1.29, 1.82) is 0 Å². The minimum atomic E-state index is 0.450. The van der Waals surface area contributed by atoms with Crippen molar-refractivity contribution in [3.05, 3.63) is 17.7 Å². The SMILES string of the molecule is CCOC[C@@H]1CNCc2ncn(C)c21. The van der Waals surface area contributed by atoms with E-state index in [1.54, 1.807) is 0 Å². The lowest BCUT2D eigenvalue weighted by atomic mass is 10.0. The van der Waals surface area contributed by atoms with E-state index in [1.807, 2.05) is 13.3 Å². The Labute approximate surface area is 84.3 Å². The number of fused-ring (bicyclic) bond motifs is 1. The van der Waals surface area contributed by atoms with E-state index < -0.39 is 0 Å². The molecule has 1 atom stereocenters. The first-order chi connectivity index (χ1) is 6.83. The zero-order chi connectivity index (χ0) is 9.97. The summed E-state index contributed by atoms with van der Waals surface area (Å²) in [5.74, 6) is 0.450. The van der Waals surface area contributed by atoms with Crippen molar-refractivity contribution in [3.8, 4) is 0 Å². The quantitative estimate of drug-likeness (QED) is 0.769. The molecular weight excluding hydrogens is 178 g/mol. The molecule has 14 heavy (non-hydrogen) atoms. The molecule has 78 valence electrons. The highest BCUT2D eigenvalue weighted by atomic mass is 16.5. The van der Waals surface area contributed by atoms with Gasteiger partial charge in [-0.1, -0.05) is 0 Å². The standard InChI is InChI=1S/C10H17N3O/c1-3-14-6-8-4-11-5-9-10(8)13(2)7-12-9/h7-8,11H,3-6H2,1-2H3/t8-/m0/s1. The van der Waals surface area contributed by atoms with Gasteiger partial charge in [0.1, 0.15) is 0 Å². The van der Waals surface area contributed by atoms with Crippen LogP contribution in [0.2, 0.25) is 0 Å². The van der Waals surface area contributed by atoms with Crippen LogP contribution in [0, 0.1) is 0 Å². The molecule has 0 bridgehead atoms. The third kappa shape index (κ3) is 1.67. The summed E-state index contributed by atoms with van der Waals surface area (Å²) in [7, 11) is 2.05. The number of aryl methyl sites for hydroxylation is 1. The van der Waals surface area contributed by atoms with Gasteiger partial charge >= 0.3 is 0 Å². The lowest BCUT2D eigenvalue weighted by Crippen LogP contribution is -2.31. The minimum Gasteiger partial charge on any atom is -0.381 e. The van der Waals surface area contributed by atoms with Crippen LogP contribution in [0.3, 0.4) is 0 Å². The summed E-state index contributed by atoms with van der Waals surface area (Å²) < 4.78 is 7.58. The molecule has 2 rings (SSSR count). The summed E-state index contributed by atoms with van der Waals surface area (Å²) in [6.07, 6.45) is 1.89. The van der Waals surface area contributed by atoms with E-state index in [9.17, 15) is 0 Å². The maximum absolute atomic E-state index is 5.47. The molecule has 0 saturated carbocycles. The molecule has 1 N–H and O–H groups in total. The summed E-state index contributed by atoms with van der Waals surface area (Å²) in [6.45, 7) is 5.48. The molecule has 0 amide bonds. The molecule has 1 aliphatic rings. The van der Waals surface area contributed by atoms with Gasteiger partial charge in [0, 0.05) is 38.4 Å². The van der Waals surface area contributed by atoms with Gasteiger partial charge in [0.15, 0.2) is 0 Å². The Morgan fingerprint density at radius 1 is 1.71 bits per heavy atom. The fourth-order valence-electron chi connectivity index (χ4n) is 2.01. The third-order valence-electron chi connectivity index (χ3n) is 2.66. The molecular formula is C10H17N3O. The summed E-state index contributed by atoms with van der Waals surface area (Å²) in [6, 6.07) is 0. The number of hydrogen-bond acceptors (Lipinski definition) is 3. The molecule has 1 aliphatic heterocycles. The van der Waals surface area contributed by atoms with Gasteiger partial charge in [-0.25, -0.2) is 4.98 Å². The predicted molar refractivity (Wildman–Crippen MR) is 54.1 cm³/mol. The number of ether oxygens (including phenoxy) is 1. The second-order valence-corrected chi connectivity index (χ2v) is 3.67. The maximum Gasteiger partial charge on any atom is 0.0949 e. The minimum absolute atomic E-state index is 0.450. The highest BCUT2D eigenvalue weighted by molar-refractivity contribution is 5.21. The van der Waals surface area contributed by atoms with Crippen LogP contribution in [0.5, 0.6) is 0 Å². The van der Waals surface area contributed by atoms with Crippen LogP contribution in [-0.2, 0) is 18.3 Å². The topological polar surface area (TPSA) is 39.1 Å². The number of imidazole rings is 1. The van der Waals surface area contributed by atoms with E-state index in [2.05, 4.69) is 21.9 Å². The number of nitrogens with one attached hydrogen (secondary N) is 1. The van der Waals surface area contributed by atoms with E-state index in [4.69, 9.17) is 4.74 Å². The Bertz CT molecular complexity index is 308. The molecule has 0 fully saturated rings. The van der Waals surface area contributed by atoms with Crippen LogP contribution in [0.15, 0.2) is 6.33 Å². The first kappa shape index (κ1) is 9.68. The van der Waals surface area contributed by atoms with Crippen LogP contribution in [0.1, 0.15) is 24.2 Å². The smallest absolute Gasteiger partial charge is 0.0949 e. The third-order valence-corrected chi connectivity index (χ3v) is 2.66. The van der Waals surface area contributed by atoms with Gasteiger partial charge in [0.2, 0.25) is 0 Å². The fraction of sp³-hybridized carbons (Fsp3) is 0.700. The number of aromatic nitrogens is 2. The van der Waals surface area contributed by atoms with Gasteiger partial charge in [-0.3, -0.25) is 0 Å². The van der Waals surface area contributed by atoms with Crippen molar-refractivity contribution in [2.45, 2.75) is 19.4 Å². The van der Waals surface area contributed by atoms with Gasteiger partial charge in [0.25, 0.3) is 0 Å². The van der Waals surface area contributed by atoms with Crippen molar-refractivity contribution in [1.82, 2.24) is 14.9 Å². The van der Waals surface area contributed by atoms with Crippen molar-refractivity contribution in [2.75, 3.05) is 19.8 Å². The Hall–Kier alpha value is -0.870. The number of hydrogen-bond donors (Lipinski definition) is 1. The fourth-order valence-corrected chi connectivity index (χ4v) is 2.01. The zero-order valence-corrected chi connectivity index (χ0v) is 8.79. The summed E-state index contributed by atoms with van der Waals surface area (Å²) in [5.41, 5.74) is 2.50. The second kappa shape index (κ2) is 4.11. The van der Waals surface area contributed by atoms with Crippen molar-refractivity contribution in [2.24, 2.45) is 7.05 Å². The first-order valence-corrected chi connectivity index (χ1v) is 5.11. The molecule has 0 aliphatic carbocycles. The molecule has 0 aromatic carbocycles. The summed E-state index contributed by atoms with van der Waals surface area (Å²) in [4.78, 5) is 4.36. The molecule has 4 nitrogen and oxygen atoms in total. The lowest BCUT2D eigenvalue weighted by molar-refractivity contribution is 0.127. The summed E-state index contributed by atoms with van der Waals surface area (Å²) in [5, 5.41) is 3.36. The van der Waals surface area contributed by atoms with Crippen LogP contribution in [0.25, 0.3) is 0 Å². The first-order valence-electron chi connectivity index (χ1n) is 5.11. The van der Waals surface area contributed by atoms with E-state index in [1.165, 1.54) is 11.4 Å². The van der Waals surface area contributed by atoms with Gasteiger partial charge in [-0.15, -0.1) is 0 Å². The Balaban J connectivity index is 2.16. The van der Waals surface area contributed by atoms with Gasteiger partial charge in [0.05, 0.1) is 18.6 Å². The molecule has 4 heteroatoms. The average molecular weight is 195 g/mol. The summed E-state index contributed by atoms with van der Waals surface area (Å²) >= 11 is 0. The van der Waals surface area contributed by atoms with E-state index in [0.29, 0.717) is 5.92 Å². The van der Waals surface area contributed by atoms with Crippen molar-refractivity contribution < 1.29 is 4.74 Å². The highest BCUT2D eigenvalue weighted by Crippen LogP contribution is 2.22. The molecule has 0 saturated heterocycles. The van der Waals surface area contributed by atoms with Crippen LogP contribution >= 0.6 is 0 Å². The Morgan fingerprint density at radius 3 is 3.36 bits per heavy atom. The predicted octanol–water partition coefficient (Wildman–Crippen LogP) is 0.643. The zero-order valence-electron chi connectivity index (χ0n) is 8.79. The maximum atomic E-state index is 5.47. The monoisotopic (exact) mass is 195 g/mol. The normalized spacial score (nSPS) is 20.9.